The second kappa shape index (κ2) is 5.53. The van der Waals surface area contributed by atoms with Crippen LogP contribution in [-0.4, -0.2) is 10.9 Å². The Labute approximate surface area is 123 Å². The largest absolute Gasteiger partial charge is 0.382 e. The van der Waals surface area contributed by atoms with E-state index in [1.165, 1.54) is 12.3 Å². The van der Waals surface area contributed by atoms with Crippen molar-refractivity contribution in [2.45, 2.75) is 0 Å². The summed E-state index contributed by atoms with van der Waals surface area (Å²) in [5.74, 6) is -0.0612. The van der Waals surface area contributed by atoms with Crippen molar-refractivity contribution in [1.29, 1.82) is 0 Å². The molecule has 0 spiro atoms. The number of pyridine rings is 1. The van der Waals surface area contributed by atoms with E-state index >= 15 is 0 Å². The van der Waals surface area contributed by atoms with Gasteiger partial charge in [-0.25, -0.2) is 4.98 Å². The molecular formula is C12H9ClIN3O. The number of rotatable bonds is 2. The Bertz CT molecular complexity index is 604. The second-order valence-corrected chi connectivity index (χ2v) is 5.21. The van der Waals surface area contributed by atoms with Gasteiger partial charge in [0.2, 0.25) is 0 Å². The maximum Gasteiger partial charge on any atom is 0.257 e. The van der Waals surface area contributed by atoms with Gasteiger partial charge in [-0.3, -0.25) is 4.79 Å². The molecule has 2 rings (SSSR count). The number of carbonyl (C=O) groups excluding carboxylic acids is 1. The minimum absolute atomic E-state index is 0.211. The lowest BCUT2D eigenvalue weighted by atomic mass is 10.2. The summed E-state index contributed by atoms with van der Waals surface area (Å²) >= 11 is 7.99. The van der Waals surface area contributed by atoms with E-state index in [0.717, 1.165) is 9.26 Å². The lowest BCUT2D eigenvalue weighted by Crippen LogP contribution is -2.12. The zero-order chi connectivity index (χ0) is 13.1. The van der Waals surface area contributed by atoms with Crippen molar-refractivity contribution in [2.75, 3.05) is 11.1 Å². The van der Waals surface area contributed by atoms with Crippen LogP contribution in [0.5, 0.6) is 0 Å². The Hall–Kier alpha value is -1.34. The molecule has 0 unspecified atom stereocenters. The van der Waals surface area contributed by atoms with Crippen LogP contribution in [0.1, 0.15) is 10.4 Å². The van der Waals surface area contributed by atoms with E-state index < -0.39 is 0 Å². The monoisotopic (exact) mass is 373 g/mol. The number of carbonyl (C=O) groups is 1. The molecule has 0 fully saturated rings. The molecule has 0 aliphatic heterocycles. The summed E-state index contributed by atoms with van der Waals surface area (Å²) in [6.07, 6.45) is 1.39. The number of halogens is 2. The molecule has 0 aliphatic rings. The molecule has 1 amide bonds. The number of anilines is 2. The molecule has 1 heterocycles. The average molecular weight is 374 g/mol. The van der Waals surface area contributed by atoms with E-state index in [1.807, 2.05) is 24.3 Å². The van der Waals surface area contributed by atoms with Crippen LogP contribution in [-0.2, 0) is 0 Å². The zero-order valence-corrected chi connectivity index (χ0v) is 12.1. The quantitative estimate of drug-likeness (QED) is 0.795. The van der Waals surface area contributed by atoms with Crippen LogP contribution in [0.15, 0.2) is 36.5 Å². The van der Waals surface area contributed by atoms with E-state index in [0.29, 0.717) is 5.56 Å². The van der Waals surface area contributed by atoms with Crippen LogP contribution >= 0.6 is 34.2 Å². The second-order valence-electron chi connectivity index (χ2n) is 3.56. The number of aromatic nitrogens is 1. The fourth-order valence-corrected chi connectivity index (χ4v) is 2.05. The maximum absolute atomic E-state index is 11.9. The van der Waals surface area contributed by atoms with Gasteiger partial charge in [0.25, 0.3) is 5.91 Å². The summed E-state index contributed by atoms with van der Waals surface area (Å²) in [5.41, 5.74) is 6.58. The van der Waals surface area contributed by atoms with Gasteiger partial charge < -0.3 is 11.1 Å². The lowest BCUT2D eigenvalue weighted by Gasteiger charge is -2.06. The van der Waals surface area contributed by atoms with Gasteiger partial charge in [-0.1, -0.05) is 17.7 Å². The molecule has 92 valence electrons. The summed E-state index contributed by atoms with van der Waals surface area (Å²) < 4.78 is 1.04. The highest BCUT2D eigenvalue weighted by Gasteiger charge is 2.09. The number of nitrogens with one attached hydrogen (secondary N) is 1. The van der Waals surface area contributed by atoms with E-state index in [2.05, 4.69) is 32.9 Å². The molecule has 18 heavy (non-hydrogen) atoms. The molecule has 4 nitrogen and oxygen atoms in total. The van der Waals surface area contributed by atoms with Gasteiger partial charge in [-0.05, 0) is 46.9 Å². The highest BCUT2D eigenvalue weighted by molar-refractivity contribution is 14.1. The third-order valence-electron chi connectivity index (χ3n) is 2.21. The van der Waals surface area contributed by atoms with Crippen molar-refractivity contribution >= 4 is 51.6 Å². The van der Waals surface area contributed by atoms with Gasteiger partial charge in [0.1, 0.15) is 5.82 Å². The number of hydrogen-bond donors (Lipinski definition) is 2. The van der Waals surface area contributed by atoms with E-state index in [4.69, 9.17) is 17.3 Å². The fourth-order valence-electron chi connectivity index (χ4n) is 1.34. The third-order valence-corrected chi connectivity index (χ3v) is 3.19. The summed E-state index contributed by atoms with van der Waals surface area (Å²) in [4.78, 5) is 15.8. The standard InChI is InChI=1S/C12H9ClIN3O/c13-10-4-7(6-16-11(10)15)12(18)17-9-3-1-2-8(14)5-9/h1-6H,(H2,15,16)(H,17,18). The Balaban J connectivity index is 2.19. The predicted molar refractivity (Wildman–Crippen MR) is 80.8 cm³/mol. The highest BCUT2D eigenvalue weighted by Crippen LogP contribution is 2.18. The van der Waals surface area contributed by atoms with E-state index in [9.17, 15) is 4.79 Å². The molecule has 1 aromatic heterocycles. The highest BCUT2D eigenvalue weighted by atomic mass is 127. The van der Waals surface area contributed by atoms with Gasteiger partial charge in [-0.15, -0.1) is 0 Å². The number of amides is 1. The summed E-state index contributed by atoms with van der Waals surface area (Å²) in [6.45, 7) is 0. The number of nitrogen functional groups attached to an aromatic ring is 1. The minimum Gasteiger partial charge on any atom is -0.382 e. The Kier molecular flexibility index (Phi) is 4.03. The Morgan fingerprint density at radius 2 is 2.17 bits per heavy atom. The average Bonchev–Trinajstić information content (AvgIpc) is 2.32. The summed E-state index contributed by atoms with van der Waals surface area (Å²) in [5, 5.41) is 3.03. The van der Waals surface area contributed by atoms with Crippen LogP contribution in [0.4, 0.5) is 11.5 Å². The van der Waals surface area contributed by atoms with Crippen LogP contribution in [0.3, 0.4) is 0 Å². The first-order chi connectivity index (χ1) is 8.56. The molecule has 0 saturated heterocycles. The van der Waals surface area contributed by atoms with Crippen molar-refractivity contribution in [1.82, 2.24) is 4.98 Å². The molecule has 0 radical (unpaired) electrons. The predicted octanol–water partition coefficient (Wildman–Crippen LogP) is 3.17. The first-order valence-electron chi connectivity index (χ1n) is 5.04. The maximum atomic E-state index is 11.9. The summed E-state index contributed by atoms with van der Waals surface area (Å²) in [6, 6.07) is 8.98. The topological polar surface area (TPSA) is 68.0 Å². The van der Waals surface area contributed by atoms with Gasteiger partial charge >= 0.3 is 0 Å². The molecule has 3 N–H and O–H groups in total. The van der Waals surface area contributed by atoms with Crippen LogP contribution in [0, 0.1) is 3.57 Å². The van der Waals surface area contributed by atoms with E-state index in [1.54, 1.807) is 0 Å². The fraction of sp³-hybridized carbons (Fsp3) is 0. The first-order valence-corrected chi connectivity index (χ1v) is 6.50. The van der Waals surface area contributed by atoms with Gasteiger partial charge in [-0.2, -0.15) is 0 Å². The molecule has 0 saturated carbocycles. The lowest BCUT2D eigenvalue weighted by molar-refractivity contribution is 0.102. The molecular weight excluding hydrogens is 365 g/mol. The first kappa shape index (κ1) is 13.1. The van der Waals surface area contributed by atoms with Crippen molar-refractivity contribution in [3.05, 3.63) is 50.7 Å². The number of hydrogen-bond acceptors (Lipinski definition) is 3. The molecule has 2 aromatic rings. The molecule has 0 bridgehead atoms. The van der Waals surface area contributed by atoms with Crippen molar-refractivity contribution in [2.24, 2.45) is 0 Å². The van der Waals surface area contributed by atoms with Crippen molar-refractivity contribution in [3.63, 3.8) is 0 Å². The zero-order valence-electron chi connectivity index (χ0n) is 9.15. The number of benzene rings is 1. The van der Waals surface area contributed by atoms with E-state index in [-0.39, 0.29) is 16.7 Å². The Morgan fingerprint density at radius 3 is 2.83 bits per heavy atom. The van der Waals surface area contributed by atoms with Crippen LogP contribution in [0.25, 0.3) is 0 Å². The van der Waals surface area contributed by atoms with Crippen molar-refractivity contribution < 1.29 is 4.79 Å². The SMILES string of the molecule is Nc1ncc(C(=O)Nc2cccc(I)c2)cc1Cl. The molecule has 0 atom stereocenters. The smallest absolute Gasteiger partial charge is 0.257 e. The van der Waals surface area contributed by atoms with Gasteiger partial charge in [0.05, 0.1) is 10.6 Å². The van der Waals surface area contributed by atoms with Crippen molar-refractivity contribution in [3.8, 4) is 0 Å². The van der Waals surface area contributed by atoms with Crippen LogP contribution < -0.4 is 11.1 Å². The third kappa shape index (κ3) is 3.11. The molecule has 6 heteroatoms. The molecule has 1 aromatic carbocycles. The van der Waals surface area contributed by atoms with Gasteiger partial charge in [0, 0.05) is 15.5 Å². The minimum atomic E-state index is -0.272. The number of nitrogens with zero attached hydrogens (tertiary/aromatic N) is 1. The molecule has 0 aliphatic carbocycles. The Morgan fingerprint density at radius 1 is 1.39 bits per heavy atom. The normalized spacial score (nSPS) is 10.1. The number of nitrogens with two attached hydrogens (primary N) is 1. The van der Waals surface area contributed by atoms with Crippen LogP contribution in [0.2, 0.25) is 5.02 Å². The van der Waals surface area contributed by atoms with Gasteiger partial charge in [0.15, 0.2) is 0 Å². The summed E-state index contributed by atoms with van der Waals surface area (Å²) in [7, 11) is 0.